The van der Waals surface area contributed by atoms with Crippen LogP contribution in [0.3, 0.4) is 0 Å². The van der Waals surface area contributed by atoms with Crippen molar-refractivity contribution in [3.63, 3.8) is 0 Å². The summed E-state index contributed by atoms with van der Waals surface area (Å²) in [6.45, 7) is 8.35. The Hall–Kier alpha value is -0.315. The van der Waals surface area contributed by atoms with E-state index in [1.54, 1.807) is 0 Å². The van der Waals surface area contributed by atoms with Crippen LogP contribution in [0.2, 0.25) is 0 Å². The van der Waals surface area contributed by atoms with Gasteiger partial charge in [-0.1, -0.05) is 12.1 Å². The monoisotopic (exact) mass is 266 g/mol. The molecule has 0 amide bonds. The Morgan fingerprint density at radius 3 is 2.00 bits per heavy atom. The highest BCUT2D eigenvalue weighted by atomic mass is 16.7. The summed E-state index contributed by atoms with van der Waals surface area (Å²) in [5.41, 5.74) is -0.481. The Morgan fingerprint density at radius 1 is 1.00 bits per heavy atom. The number of hydrogen-bond donors (Lipinski definition) is 0. The van der Waals surface area contributed by atoms with E-state index in [1.165, 1.54) is 12.8 Å². The summed E-state index contributed by atoms with van der Waals surface area (Å²) in [5.74, 6) is 2.74. The van der Waals surface area contributed by atoms with E-state index >= 15 is 0 Å². The van der Waals surface area contributed by atoms with Crippen LogP contribution in [0.4, 0.5) is 0 Å². The van der Waals surface area contributed by atoms with Gasteiger partial charge in [-0.05, 0) is 59.3 Å². The van der Waals surface area contributed by atoms with Crippen LogP contribution < -0.4 is 0 Å². The first-order valence-electron chi connectivity index (χ1n) is 7.41. The number of allylic oxidation sites excluding steroid dienone is 1. The molecule has 0 atom stereocenters. The summed E-state index contributed by atoms with van der Waals surface area (Å²) in [7, 11) is 1.61. The fraction of sp³-hybridized carbons (Fsp3) is 0.867. The highest BCUT2D eigenvalue weighted by Gasteiger charge is 2.50. The third-order valence-electron chi connectivity index (χ3n) is 4.86. The predicted octanol–water partition coefficient (Wildman–Crippen LogP) is 3.38. The summed E-state index contributed by atoms with van der Waals surface area (Å²) in [4.78, 5) is 0. The standard InChI is InChI=1S/C15H27BO3/c1-14(2)15(3,4)19-16(18-14)11-10-12-6-8-13(17-5)9-7-12/h10-13H,6-9H2,1-5H3/b11-10+. The van der Waals surface area contributed by atoms with E-state index in [0.717, 1.165) is 12.8 Å². The molecule has 1 saturated heterocycles. The molecule has 2 fully saturated rings. The van der Waals surface area contributed by atoms with Gasteiger partial charge in [-0.15, -0.1) is 0 Å². The van der Waals surface area contributed by atoms with Crippen LogP contribution in [0, 0.1) is 5.92 Å². The topological polar surface area (TPSA) is 27.7 Å². The summed E-state index contributed by atoms with van der Waals surface area (Å²) in [6, 6.07) is 0. The normalized spacial score (nSPS) is 34.1. The molecule has 0 radical (unpaired) electrons. The first-order valence-corrected chi connectivity index (χ1v) is 7.41. The van der Waals surface area contributed by atoms with Crippen LogP contribution >= 0.6 is 0 Å². The Labute approximate surface area is 117 Å². The van der Waals surface area contributed by atoms with Gasteiger partial charge in [0, 0.05) is 7.11 Å². The van der Waals surface area contributed by atoms with Gasteiger partial charge in [0.2, 0.25) is 0 Å². The number of hydrogen-bond acceptors (Lipinski definition) is 3. The van der Waals surface area contributed by atoms with Crippen molar-refractivity contribution in [1.82, 2.24) is 0 Å². The molecule has 108 valence electrons. The molecule has 3 nitrogen and oxygen atoms in total. The molecule has 0 spiro atoms. The van der Waals surface area contributed by atoms with Gasteiger partial charge in [0.25, 0.3) is 0 Å². The second kappa shape index (κ2) is 5.59. The molecule has 19 heavy (non-hydrogen) atoms. The molecule has 0 unspecified atom stereocenters. The van der Waals surface area contributed by atoms with E-state index in [-0.39, 0.29) is 18.3 Å². The second-order valence-electron chi connectivity index (χ2n) is 6.78. The van der Waals surface area contributed by atoms with Crippen LogP contribution in [0.15, 0.2) is 12.1 Å². The minimum Gasteiger partial charge on any atom is -0.400 e. The van der Waals surface area contributed by atoms with Gasteiger partial charge in [-0.2, -0.15) is 0 Å². The largest absolute Gasteiger partial charge is 0.486 e. The van der Waals surface area contributed by atoms with Gasteiger partial charge >= 0.3 is 7.12 Å². The average Bonchev–Trinajstić information content (AvgIpc) is 2.56. The first-order chi connectivity index (χ1) is 8.84. The van der Waals surface area contributed by atoms with Gasteiger partial charge < -0.3 is 14.0 Å². The van der Waals surface area contributed by atoms with E-state index in [1.807, 2.05) is 7.11 Å². The number of rotatable bonds is 3. The Kier molecular flexibility index (Phi) is 4.43. The van der Waals surface area contributed by atoms with Crippen molar-refractivity contribution in [2.24, 2.45) is 5.92 Å². The first kappa shape index (κ1) is 15.1. The third-order valence-corrected chi connectivity index (χ3v) is 4.86. The predicted molar refractivity (Wildman–Crippen MR) is 78.0 cm³/mol. The van der Waals surface area contributed by atoms with E-state index in [9.17, 15) is 0 Å². The highest BCUT2D eigenvalue weighted by Crippen LogP contribution is 2.37. The molecular weight excluding hydrogens is 239 g/mol. The lowest BCUT2D eigenvalue weighted by Crippen LogP contribution is -2.41. The Bertz CT molecular complexity index is 314. The lowest BCUT2D eigenvalue weighted by Gasteiger charge is -2.32. The third kappa shape index (κ3) is 3.42. The molecule has 0 aromatic rings. The fourth-order valence-corrected chi connectivity index (χ4v) is 2.73. The molecule has 1 aliphatic carbocycles. The van der Waals surface area contributed by atoms with Gasteiger partial charge in [0.05, 0.1) is 17.3 Å². The molecule has 2 rings (SSSR count). The van der Waals surface area contributed by atoms with Gasteiger partial charge in [-0.3, -0.25) is 0 Å². The minimum atomic E-state index is -0.240. The smallest absolute Gasteiger partial charge is 0.400 e. The summed E-state index contributed by atoms with van der Waals surface area (Å²) in [6.07, 6.45) is 7.46. The molecule has 4 heteroatoms. The van der Waals surface area contributed by atoms with Crippen molar-refractivity contribution in [3.8, 4) is 0 Å². The van der Waals surface area contributed by atoms with Gasteiger partial charge in [-0.25, -0.2) is 0 Å². The average molecular weight is 266 g/mol. The zero-order valence-corrected chi connectivity index (χ0v) is 12.9. The maximum atomic E-state index is 5.96. The van der Waals surface area contributed by atoms with Gasteiger partial charge in [0.15, 0.2) is 0 Å². The van der Waals surface area contributed by atoms with Crippen molar-refractivity contribution >= 4 is 7.12 Å². The molecule has 0 N–H and O–H groups in total. The van der Waals surface area contributed by atoms with Crippen LogP contribution in [-0.2, 0) is 14.0 Å². The maximum absolute atomic E-state index is 5.96. The Balaban J connectivity index is 1.84. The molecule has 0 bridgehead atoms. The Morgan fingerprint density at radius 2 is 1.53 bits per heavy atom. The number of ether oxygens (including phenoxy) is 1. The molecule has 1 heterocycles. The van der Waals surface area contributed by atoms with Crippen LogP contribution in [0.25, 0.3) is 0 Å². The van der Waals surface area contributed by atoms with Crippen molar-refractivity contribution in [3.05, 3.63) is 12.1 Å². The molecule has 1 saturated carbocycles. The summed E-state index contributed by atoms with van der Waals surface area (Å²) >= 11 is 0. The van der Waals surface area contributed by atoms with E-state index in [4.69, 9.17) is 14.0 Å². The molecular formula is C15H27BO3. The summed E-state index contributed by atoms with van der Waals surface area (Å²) < 4.78 is 17.3. The van der Waals surface area contributed by atoms with Crippen molar-refractivity contribution < 1.29 is 14.0 Å². The van der Waals surface area contributed by atoms with Crippen LogP contribution in [0.1, 0.15) is 53.4 Å². The molecule has 2 aliphatic rings. The number of methoxy groups -OCH3 is 1. The molecule has 1 aliphatic heterocycles. The highest BCUT2D eigenvalue weighted by molar-refractivity contribution is 6.51. The van der Waals surface area contributed by atoms with E-state index in [2.05, 4.69) is 39.7 Å². The fourth-order valence-electron chi connectivity index (χ4n) is 2.73. The molecule has 0 aromatic carbocycles. The maximum Gasteiger partial charge on any atom is 0.486 e. The van der Waals surface area contributed by atoms with E-state index < -0.39 is 0 Å². The zero-order valence-electron chi connectivity index (χ0n) is 12.9. The van der Waals surface area contributed by atoms with E-state index in [0.29, 0.717) is 12.0 Å². The van der Waals surface area contributed by atoms with Crippen LogP contribution in [-0.4, -0.2) is 31.5 Å². The second-order valence-corrected chi connectivity index (χ2v) is 6.78. The molecule has 0 aromatic heterocycles. The lowest BCUT2D eigenvalue weighted by molar-refractivity contribution is 0.00578. The lowest BCUT2D eigenvalue weighted by atomic mass is 9.82. The van der Waals surface area contributed by atoms with Crippen molar-refractivity contribution in [2.45, 2.75) is 70.7 Å². The van der Waals surface area contributed by atoms with Crippen molar-refractivity contribution in [2.75, 3.05) is 7.11 Å². The van der Waals surface area contributed by atoms with Crippen LogP contribution in [0.5, 0.6) is 0 Å². The minimum absolute atomic E-state index is 0.204. The summed E-state index contributed by atoms with van der Waals surface area (Å²) in [5, 5.41) is 0. The van der Waals surface area contributed by atoms with Gasteiger partial charge in [0.1, 0.15) is 0 Å². The zero-order chi connectivity index (χ0) is 14.1. The quantitative estimate of drug-likeness (QED) is 0.733. The SMILES string of the molecule is COC1CCC(/C=C/B2OC(C)(C)C(C)(C)O2)CC1. The van der Waals surface area contributed by atoms with Crippen molar-refractivity contribution in [1.29, 1.82) is 0 Å².